The lowest BCUT2D eigenvalue weighted by molar-refractivity contribution is -0.384. The first-order chi connectivity index (χ1) is 16.3. The normalized spacial score (nSPS) is 14.6. The maximum Gasteiger partial charge on any atom is 0.373 e. The molecule has 0 radical (unpaired) electrons. The summed E-state index contributed by atoms with van der Waals surface area (Å²) in [6.07, 6.45) is 1.42. The van der Waals surface area contributed by atoms with Crippen LogP contribution in [0.4, 0.5) is 10.5 Å². The molecule has 1 aliphatic rings. The van der Waals surface area contributed by atoms with E-state index in [1.165, 1.54) is 50.6 Å². The van der Waals surface area contributed by atoms with Crippen molar-refractivity contribution in [1.29, 1.82) is 0 Å². The predicted molar refractivity (Wildman–Crippen MR) is 119 cm³/mol. The van der Waals surface area contributed by atoms with Crippen LogP contribution in [0.25, 0.3) is 17.4 Å². The van der Waals surface area contributed by atoms with E-state index in [0.717, 1.165) is 16.7 Å². The van der Waals surface area contributed by atoms with Crippen LogP contribution in [-0.4, -0.2) is 41.2 Å². The fraction of sp³-hybridized carbons (Fsp3) is 0.136. The molecule has 0 spiro atoms. The van der Waals surface area contributed by atoms with E-state index >= 15 is 0 Å². The number of carbonyl (C=O) groups is 3. The first-order valence-electron chi connectivity index (χ1n) is 9.65. The zero-order valence-corrected chi connectivity index (χ0v) is 18.6. The number of amides is 2. The van der Waals surface area contributed by atoms with Crippen LogP contribution in [0.5, 0.6) is 5.75 Å². The van der Waals surface area contributed by atoms with Crippen molar-refractivity contribution in [3.05, 3.63) is 74.8 Å². The number of ether oxygens (including phenoxy) is 2. The summed E-state index contributed by atoms with van der Waals surface area (Å²) in [5.74, 6) is -0.0926. The summed E-state index contributed by atoms with van der Waals surface area (Å²) in [7, 11) is 2.60. The highest BCUT2D eigenvalue weighted by molar-refractivity contribution is 8.18. The maximum atomic E-state index is 12.8. The number of non-ortho nitro benzene ring substituents is 1. The molecule has 1 aliphatic heterocycles. The quantitative estimate of drug-likeness (QED) is 0.204. The monoisotopic (exact) mass is 484 g/mol. The van der Waals surface area contributed by atoms with Gasteiger partial charge in [-0.2, -0.15) is 0 Å². The van der Waals surface area contributed by atoms with Gasteiger partial charge in [-0.05, 0) is 42.1 Å². The van der Waals surface area contributed by atoms with Crippen molar-refractivity contribution in [3.8, 4) is 17.1 Å². The van der Waals surface area contributed by atoms with E-state index in [9.17, 15) is 24.5 Å². The number of thioether (sulfide) groups is 1. The minimum Gasteiger partial charge on any atom is -0.496 e. The van der Waals surface area contributed by atoms with Crippen molar-refractivity contribution in [2.24, 2.45) is 0 Å². The third-order valence-electron chi connectivity index (χ3n) is 4.80. The number of imide groups is 1. The Bertz CT molecular complexity index is 1340. The van der Waals surface area contributed by atoms with Crippen molar-refractivity contribution in [3.63, 3.8) is 0 Å². The Balaban J connectivity index is 1.53. The molecule has 4 rings (SSSR count). The van der Waals surface area contributed by atoms with Gasteiger partial charge in [0.05, 0.1) is 42.2 Å². The van der Waals surface area contributed by atoms with Gasteiger partial charge in [0.2, 0.25) is 5.76 Å². The van der Waals surface area contributed by atoms with E-state index < -0.39 is 22.0 Å². The number of benzene rings is 1. The van der Waals surface area contributed by atoms with Gasteiger partial charge in [-0.1, -0.05) is 0 Å². The standard InChI is InChI=1S/C22H16N2O9S/c1-30-18-9-12(24(28)29)3-6-15(18)16-7-4-13(32-16)10-19-20(25)23(22(27)34-19)11-14-5-8-17(33-14)21(26)31-2/h3-10H,11H2,1-2H3. The number of esters is 1. The molecule has 11 nitrogen and oxygen atoms in total. The Morgan fingerprint density at radius 1 is 1.15 bits per heavy atom. The number of rotatable bonds is 7. The summed E-state index contributed by atoms with van der Waals surface area (Å²) < 4.78 is 20.9. The highest BCUT2D eigenvalue weighted by Crippen LogP contribution is 2.37. The van der Waals surface area contributed by atoms with Gasteiger partial charge < -0.3 is 18.3 Å². The van der Waals surface area contributed by atoms with Gasteiger partial charge in [-0.25, -0.2) is 4.79 Å². The van der Waals surface area contributed by atoms with Crippen LogP contribution in [0.3, 0.4) is 0 Å². The van der Waals surface area contributed by atoms with Crippen molar-refractivity contribution >= 4 is 40.6 Å². The predicted octanol–water partition coefficient (Wildman–Crippen LogP) is 4.48. The van der Waals surface area contributed by atoms with Gasteiger partial charge in [0.1, 0.15) is 23.0 Å². The second-order valence-electron chi connectivity index (χ2n) is 6.87. The van der Waals surface area contributed by atoms with E-state index in [1.54, 1.807) is 12.1 Å². The van der Waals surface area contributed by atoms with E-state index in [0.29, 0.717) is 17.1 Å². The molecule has 0 aliphatic carbocycles. The molecule has 1 saturated heterocycles. The molecule has 1 aromatic carbocycles. The third-order valence-corrected chi connectivity index (χ3v) is 5.70. The average molecular weight is 484 g/mol. The average Bonchev–Trinajstić information content (AvgIpc) is 3.55. The maximum absolute atomic E-state index is 12.8. The molecule has 2 aromatic heterocycles. The SMILES string of the molecule is COC(=O)c1ccc(CN2C(=O)SC(=Cc3ccc(-c4ccc([N+](=O)[O-])cc4OC)o3)C2=O)o1. The number of nitrogens with zero attached hydrogens (tertiary/aromatic N) is 2. The van der Waals surface area contributed by atoms with Crippen LogP contribution >= 0.6 is 11.8 Å². The Kier molecular flexibility index (Phi) is 6.23. The van der Waals surface area contributed by atoms with Crippen LogP contribution in [-0.2, 0) is 16.1 Å². The zero-order chi connectivity index (χ0) is 24.4. The van der Waals surface area contributed by atoms with Gasteiger partial charge in [-0.15, -0.1) is 0 Å². The molecule has 12 heteroatoms. The van der Waals surface area contributed by atoms with Gasteiger partial charge in [0.15, 0.2) is 0 Å². The van der Waals surface area contributed by atoms with Crippen molar-refractivity contribution in [2.75, 3.05) is 14.2 Å². The molecule has 0 atom stereocenters. The van der Waals surface area contributed by atoms with E-state index in [4.69, 9.17) is 13.6 Å². The van der Waals surface area contributed by atoms with Gasteiger partial charge in [-0.3, -0.25) is 24.6 Å². The second kappa shape index (κ2) is 9.27. The van der Waals surface area contributed by atoms with Crippen molar-refractivity contribution in [1.82, 2.24) is 4.90 Å². The number of nitro benzene ring substituents is 1. The minimum atomic E-state index is -0.668. The van der Waals surface area contributed by atoms with E-state index in [1.807, 2.05) is 0 Å². The molecule has 3 aromatic rings. The first-order valence-corrected chi connectivity index (χ1v) is 10.5. The Hall–Kier alpha value is -4.32. The van der Waals surface area contributed by atoms with Crippen LogP contribution in [0.2, 0.25) is 0 Å². The minimum absolute atomic E-state index is 0.0372. The molecule has 0 N–H and O–H groups in total. The van der Waals surface area contributed by atoms with Gasteiger partial charge >= 0.3 is 5.97 Å². The number of carbonyl (C=O) groups excluding carboxylic acids is 3. The van der Waals surface area contributed by atoms with Crippen LogP contribution in [0.15, 0.2) is 56.2 Å². The van der Waals surface area contributed by atoms with Crippen LogP contribution in [0.1, 0.15) is 22.1 Å². The molecular weight excluding hydrogens is 468 g/mol. The fourth-order valence-electron chi connectivity index (χ4n) is 3.17. The summed E-state index contributed by atoms with van der Waals surface area (Å²) in [4.78, 5) is 48.2. The summed E-state index contributed by atoms with van der Waals surface area (Å²) >= 11 is 0.737. The molecular formula is C22H16N2O9S. The number of furan rings is 2. The lowest BCUT2D eigenvalue weighted by atomic mass is 10.1. The number of hydrogen-bond donors (Lipinski definition) is 0. The zero-order valence-electron chi connectivity index (χ0n) is 17.8. The lowest BCUT2D eigenvalue weighted by Gasteiger charge is -2.09. The molecule has 1 fully saturated rings. The van der Waals surface area contributed by atoms with Crippen LogP contribution < -0.4 is 4.74 Å². The number of nitro groups is 1. The lowest BCUT2D eigenvalue weighted by Crippen LogP contribution is -2.27. The second-order valence-corrected chi connectivity index (χ2v) is 7.86. The summed E-state index contributed by atoms with van der Waals surface area (Å²) in [5.41, 5.74) is 0.358. The first kappa shape index (κ1) is 22.9. The van der Waals surface area contributed by atoms with Gasteiger partial charge in [0.25, 0.3) is 16.8 Å². The summed E-state index contributed by atoms with van der Waals surface area (Å²) in [5, 5.41) is 10.5. The van der Waals surface area contributed by atoms with E-state index in [-0.39, 0.29) is 34.4 Å². The molecule has 0 saturated carbocycles. The molecule has 174 valence electrons. The Labute approximate surface area is 196 Å². The smallest absolute Gasteiger partial charge is 0.373 e. The molecule has 0 unspecified atom stereocenters. The van der Waals surface area contributed by atoms with Crippen molar-refractivity contribution < 1.29 is 37.6 Å². The Morgan fingerprint density at radius 2 is 1.94 bits per heavy atom. The number of methoxy groups -OCH3 is 2. The topological polar surface area (TPSA) is 142 Å². The number of hydrogen-bond acceptors (Lipinski definition) is 10. The highest BCUT2D eigenvalue weighted by Gasteiger charge is 2.36. The Morgan fingerprint density at radius 3 is 2.65 bits per heavy atom. The van der Waals surface area contributed by atoms with Gasteiger partial charge in [0, 0.05) is 12.1 Å². The molecule has 34 heavy (non-hydrogen) atoms. The summed E-state index contributed by atoms with van der Waals surface area (Å²) in [6, 6.07) is 10.2. The fourth-order valence-corrected chi connectivity index (χ4v) is 3.99. The molecule has 0 bridgehead atoms. The highest BCUT2D eigenvalue weighted by atomic mass is 32.2. The van der Waals surface area contributed by atoms with Crippen molar-refractivity contribution in [2.45, 2.75) is 6.54 Å². The van der Waals surface area contributed by atoms with Crippen LogP contribution in [0, 0.1) is 10.1 Å². The third kappa shape index (κ3) is 4.43. The molecule has 2 amide bonds. The largest absolute Gasteiger partial charge is 0.496 e. The van der Waals surface area contributed by atoms with E-state index in [2.05, 4.69) is 4.74 Å². The summed E-state index contributed by atoms with van der Waals surface area (Å²) in [6.45, 7) is -0.150. The molecule has 3 heterocycles.